The zero-order valence-electron chi connectivity index (χ0n) is 11.3. The predicted molar refractivity (Wildman–Crippen MR) is 89.0 cm³/mol. The quantitative estimate of drug-likeness (QED) is 0.462. The van der Waals surface area contributed by atoms with E-state index in [2.05, 4.69) is 12.3 Å². The van der Waals surface area contributed by atoms with Crippen LogP contribution in [0, 0.1) is 13.8 Å². The zero-order valence-corrected chi connectivity index (χ0v) is 13.0. The van der Waals surface area contributed by atoms with Gasteiger partial charge in [0.1, 0.15) is 0 Å². The van der Waals surface area contributed by atoms with Crippen LogP contribution >= 0.6 is 22.7 Å². The second-order valence-corrected chi connectivity index (χ2v) is 6.90. The lowest BCUT2D eigenvalue weighted by Gasteiger charge is -1.95. The Bertz CT molecular complexity index is 791. The maximum absolute atomic E-state index is 12.3. The lowest BCUT2D eigenvalue weighted by Crippen LogP contribution is -1.92. The van der Waals surface area contributed by atoms with Crippen molar-refractivity contribution in [1.29, 1.82) is 0 Å². The second-order valence-electron chi connectivity index (χ2n) is 4.75. The molecule has 1 aromatic carbocycles. The van der Waals surface area contributed by atoms with Crippen molar-refractivity contribution >= 4 is 43.9 Å². The molecule has 3 heteroatoms. The van der Waals surface area contributed by atoms with Crippen LogP contribution in [0.5, 0.6) is 0 Å². The minimum Gasteiger partial charge on any atom is -0.288 e. The van der Waals surface area contributed by atoms with Crippen LogP contribution in [0.1, 0.15) is 26.4 Å². The fourth-order valence-corrected chi connectivity index (χ4v) is 4.72. The van der Waals surface area contributed by atoms with E-state index in [9.17, 15) is 4.79 Å². The summed E-state index contributed by atoms with van der Waals surface area (Å²) in [4.78, 5) is 13.2. The highest BCUT2D eigenvalue weighted by atomic mass is 32.2. The number of hydrogen-bond donors (Lipinski definition) is 0. The molecule has 0 saturated heterocycles. The fourth-order valence-electron chi connectivity index (χ4n) is 2.27. The molecule has 0 aliphatic heterocycles. The van der Waals surface area contributed by atoms with E-state index in [1.54, 1.807) is 28.7 Å². The van der Waals surface area contributed by atoms with Gasteiger partial charge in [-0.25, -0.2) is 0 Å². The van der Waals surface area contributed by atoms with Gasteiger partial charge in [-0.3, -0.25) is 4.79 Å². The van der Waals surface area contributed by atoms with Crippen molar-refractivity contribution in [2.24, 2.45) is 0 Å². The van der Waals surface area contributed by atoms with E-state index < -0.39 is 0 Å². The number of ketones is 1. The van der Waals surface area contributed by atoms with E-state index in [1.165, 1.54) is 15.0 Å². The molecule has 0 spiro atoms. The number of benzene rings is 1. The number of allylic oxidation sites excluding steroid dienone is 1. The number of hydrogen-bond acceptors (Lipinski definition) is 3. The molecule has 0 amide bonds. The normalized spacial score (nSPS) is 11.5. The first kappa shape index (κ1) is 13.3. The minimum absolute atomic E-state index is 0.0964. The summed E-state index contributed by atoms with van der Waals surface area (Å²) in [5.41, 5.74) is 3.43. The van der Waals surface area contributed by atoms with Gasteiger partial charge in [0.15, 0.2) is 5.78 Å². The molecule has 0 saturated carbocycles. The van der Waals surface area contributed by atoms with Crippen LogP contribution in [0.4, 0.5) is 0 Å². The van der Waals surface area contributed by atoms with Crippen molar-refractivity contribution < 1.29 is 4.79 Å². The number of carbonyl (C=O) groups excluding carboxylic acids is 1. The highest BCUT2D eigenvalue weighted by molar-refractivity contribution is 7.38. The summed E-state index contributed by atoms with van der Waals surface area (Å²) < 4.78 is 1.25. The van der Waals surface area contributed by atoms with Gasteiger partial charge in [-0.05, 0) is 42.0 Å². The van der Waals surface area contributed by atoms with E-state index in [0.717, 1.165) is 16.0 Å². The fraction of sp³-hybridized carbons (Fsp3) is 0.118. The summed E-state index contributed by atoms with van der Waals surface area (Å²) in [6, 6.07) is 9.90. The first-order valence-electron chi connectivity index (χ1n) is 6.41. The molecular formula is C17H14OS2. The Kier molecular flexibility index (Phi) is 3.55. The van der Waals surface area contributed by atoms with Crippen molar-refractivity contribution in [3.05, 3.63) is 63.4 Å². The van der Waals surface area contributed by atoms with Gasteiger partial charge in [0.2, 0.25) is 0 Å². The van der Waals surface area contributed by atoms with Gasteiger partial charge in [0, 0.05) is 5.39 Å². The second kappa shape index (κ2) is 5.35. The Morgan fingerprint density at radius 2 is 1.90 bits per heavy atom. The summed E-state index contributed by atoms with van der Waals surface area (Å²) in [5.74, 6) is 0.0964. The summed E-state index contributed by atoms with van der Waals surface area (Å²) in [7, 11) is 0. The van der Waals surface area contributed by atoms with Crippen molar-refractivity contribution in [1.82, 2.24) is 0 Å². The maximum atomic E-state index is 12.3. The first-order chi connectivity index (χ1) is 9.66. The number of carbonyl (C=O) groups is 1. The van der Waals surface area contributed by atoms with E-state index >= 15 is 0 Å². The molecule has 0 radical (unpaired) electrons. The maximum Gasteiger partial charge on any atom is 0.196 e. The molecule has 0 aliphatic carbocycles. The van der Waals surface area contributed by atoms with Gasteiger partial charge >= 0.3 is 0 Å². The third-order valence-electron chi connectivity index (χ3n) is 3.30. The molecule has 0 unspecified atom stereocenters. The molecule has 100 valence electrons. The molecule has 3 rings (SSSR count). The van der Waals surface area contributed by atoms with Gasteiger partial charge in [-0.1, -0.05) is 36.4 Å². The number of fused-ring (bicyclic) bond motifs is 1. The summed E-state index contributed by atoms with van der Waals surface area (Å²) in [5, 5.41) is 3.42. The van der Waals surface area contributed by atoms with Gasteiger partial charge in [0.25, 0.3) is 0 Å². The van der Waals surface area contributed by atoms with Crippen molar-refractivity contribution in [2.75, 3.05) is 0 Å². The van der Waals surface area contributed by atoms with Crippen molar-refractivity contribution in [3.8, 4) is 0 Å². The average molecular weight is 298 g/mol. The van der Waals surface area contributed by atoms with Crippen LogP contribution in [-0.2, 0) is 0 Å². The smallest absolute Gasteiger partial charge is 0.196 e. The molecule has 20 heavy (non-hydrogen) atoms. The Morgan fingerprint density at radius 3 is 2.60 bits per heavy atom. The Labute approximate surface area is 126 Å². The highest BCUT2D eigenvalue weighted by Gasteiger charge is 2.15. The van der Waals surface area contributed by atoms with Crippen molar-refractivity contribution in [2.45, 2.75) is 13.8 Å². The van der Waals surface area contributed by atoms with E-state index in [0.29, 0.717) is 0 Å². The van der Waals surface area contributed by atoms with Gasteiger partial charge in [-0.15, -0.1) is 22.7 Å². The Balaban J connectivity index is 1.93. The van der Waals surface area contributed by atoms with Crippen molar-refractivity contribution in [3.63, 3.8) is 0 Å². The molecule has 0 aliphatic rings. The van der Waals surface area contributed by atoms with Gasteiger partial charge < -0.3 is 0 Å². The minimum atomic E-state index is 0.0964. The standard InChI is InChI=1S/C17H14OS2/c1-11-10-19-17-15(11)12(2)16(20-17)14(18)9-8-13-6-4-3-5-7-13/h3-10H,1-2H3/b9-8+. The topological polar surface area (TPSA) is 17.1 Å². The number of rotatable bonds is 3. The summed E-state index contributed by atoms with van der Waals surface area (Å²) in [6.45, 7) is 4.15. The van der Waals surface area contributed by atoms with Gasteiger partial charge in [-0.2, -0.15) is 0 Å². The number of aryl methyl sites for hydroxylation is 2. The van der Waals surface area contributed by atoms with E-state index in [-0.39, 0.29) is 5.78 Å². The van der Waals surface area contributed by atoms with E-state index in [4.69, 9.17) is 0 Å². The highest BCUT2D eigenvalue weighted by Crippen LogP contribution is 2.37. The van der Waals surface area contributed by atoms with Crippen LogP contribution in [0.25, 0.3) is 15.5 Å². The van der Waals surface area contributed by atoms with Crippen LogP contribution in [-0.4, -0.2) is 5.78 Å². The molecule has 2 heterocycles. The average Bonchev–Trinajstić information content (AvgIpc) is 2.99. The lowest BCUT2D eigenvalue weighted by molar-refractivity contribution is 0.105. The first-order valence-corrected chi connectivity index (χ1v) is 8.11. The molecule has 3 aromatic rings. The molecule has 1 nitrogen and oxygen atoms in total. The predicted octanol–water partition coefficient (Wildman–Crippen LogP) is 5.48. The van der Waals surface area contributed by atoms with Gasteiger partial charge in [0.05, 0.1) is 8.89 Å². The van der Waals surface area contributed by atoms with Crippen LogP contribution < -0.4 is 0 Å². The Morgan fingerprint density at radius 1 is 1.15 bits per heavy atom. The monoisotopic (exact) mass is 298 g/mol. The Hall–Kier alpha value is -1.71. The molecule has 0 atom stereocenters. The third kappa shape index (κ3) is 2.35. The molecule has 2 aromatic heterocycles. The SMILES string of the molecule is Cc1csc2sc(C(=O)/C=C/c3ccccc3)c(C)c12. The molecule has 0 N–H and O–H groups in total. The largest absolute Gasteiger partial charge is 0.288 e. The lowest BCUT2D eigenvalue weighted by atomic mass is 10.1. The van der Waals surface area contributed by atoms with Crippen LogP contribution in [0.3, 0.4) is 0 Å². The molecular weight excluding hydrogens is 284 g/mol. The number of thiophene rings is 2. The zero-order chi connectivity index (χ0) is 14.1. The third-order valence-corrected chi connectivity index (χ3v) is 5.83. The summed E-state index contributed by atoms with van der Waals surface area (Å²) >= 11 is 3.33. The molecule has 0 fully saturated rings. The molecule has 0 bridgehead atoms. The van der Waals surface area contributed by atoms with E-state index in [1.807, 2.05) is 43.3 Å². The van der Waals surface area contributed by atoms with Crippen LogP contribution in [0.2, 0.25) is 0 Å². The van der Waals surface area contributed by atoms with Crippen LogP contribution in [0.15, 0.2) is 41.8 Å². The summed E-state index contributed by atoms with van der Waals surface area (Å²) in [6.07, 6.45) is 3.55.